The average Bonchev–Trinajstić information content (AvgIpc) is 2.91. The van der Waals surface area contributed by atoms with E-state index in [9.17, 15) is 4.79 Å². The van der Waals surface area contributed by atoms with E-state index in [1.165, 1.54) is 0 Å². The van der Waals surface area contributed by atoms with Gasteiger partial charge in [0.15, 0.2) is 0 Å². The first-order valence-corrected chi connectivity index (χ1v) is 7.33. The summed E-state index contributed by atoms with van der Waals surface area (Å²) >= 11 is 0. The van der Waals surface area contributed by atoms with Crippen molar-refractivity contribution in [1.29, 1.82) is 0 Å². The molecule has 108 valence electrons. The van der Waals surface area contributed by atoms with Gasteiger partial charge in [0.1, 0.15) is 11.9 Å². The van der Waals surface area contributed by atoms with E-state index in [1.807, 2.05) is 36.9 Å². The highest BCUT2D eigenvalue weighted by molar-refractivity contribution is 5.95. The van der Waals surface area contributed by atoms with Gasteiger partial charge in [0.05, 0.1) is 24.8 Å². The zero-order chi connectivity index (χ0) is 14.1. The molecule has 1 amide bonds. The van der Waals surface area contributed by atoms with Crippen LogP contribution in [-0.4, -0.2) is 31.3 Å². The van der Waals surface area contributed by atoms with Crippen molar-refractivity contribution < 1.29 is 14.3 Å². The summed E-state index contributed by atoms with van der Waals surface area (Å²) in [7, 11) is 0. The molecule has 1 aromatic carbocycles. The maximum atomic E-state index is 12.6. The number of aryl methyl sites for hydroxylation is 1. The summed E-state index contributed by atoms with van der Waals surface area (Å²) in [5.74, 6) is 0.939. The van der Waals surface area contributed by atoms with Crippen LogP contribution in [0.1, 0.15) is 31.7 Å². The van der Waals surface area contributed by atoms with Gasteiger partial charge in [-0.1, -0.05) is 6.07 Å². The van der Waals surface area contributed by atoms with Crippen molar-refractivity contribution in [1.82, 2.24) is 0 Å². The molecule has 3 rings (SSSR count). The van der Waals surface area contributed by atoms with Crippen LogP contribution in [0.3, 0.4) is 0 Å². The molecule has 4 heteroatoms. The number of amides is 1. The Morgan fingerprint density at radius 3 is 3.05 bits per heavy atom. The third-order valence-electron chi connectivity index (χ3n) is 3.90. The molecule has 0 radical (unpaired) electrons. The van der Waals surface area contributed by atoms with E-state index in [2.05, 4.69) is 0 Å². The fraction of sp³-hybridized carbons (Fsp3) is 0.562. The molecule has 1 aromatic rings. The molecule has 0 aromatic heterocycles. The van der Waals surface area contributed by atoms with Crippen LogP contribution in [0.25, 0.3) is 0 Å². The molecule has 20 heavy (non-hydrogen) atoms. The molecule has 1 saturated heterocycles. The first-order chi connectivity index (χ1) is 9.63. The van der Waals surface area contributed by atoms with E-state index in [4.69, 9.17) is 9.47 Å². The maximum absolute atomic E-state index is 12.6. The van der Waals surface area contributed by atoms with E-state index >= 15 is 0 Å². The van der Waals surface area contributed by atoms with Crippen LogP contribution in [0.4, 0.5) is 5.69 Å². The Balaban J connectivity index is 1.81. The fourth-order valence-corrected chi connectivity index (χ4v) is 2.89. The van der Waals surface area contributed by atoms with Crippen LogP contribution < -0.4 is 9.64 Å². The van der Waals surface area contributed by atoms with Crippen molar-refractivity contribution in [3.05, 3.63) is 23.8 Å². The molecule has 4 nitrogen and oxygen atoms in total. The van der Waals surface area contributed by atoms with Crippen LogP contribution in [0.5, 0.6) is 5.75 Å². The lowest BCUT2D eigenvalue weighted by atomic mass is 10.1. The average molecular weight is 275 g/mol. The van der Waals surface area contributed by atoms with E-state index in [1.54, 1.807) is 0 Å². The molecule has 0 aliphatic carbocycles. The number of fused-ring (bicyclic) bond motifs is 1. The number of carbonyl (C=O) groups excluding carboxylic acids is 1. The highest BCUT2D eigenvalue weighted by Crippen LogP contribution is 2.35. The Hall–Kier alpha value is -1.55. The standard InChI is InChI=1S/C16H21NO3/c1-11-5-6-15-14(8-11)17(10-12(2)20-15)16(18)9-13-4-3-7-19-13/h5-6,8,12-13H,3-4,7,9-10H2,1-2H3. The second kappa shape index (κ2) is 5.44. The highest BCUT2D eigenvalue weighted by Gasteiger charge is 2.30. The van der Waals surface area contributed by atoms with Crippen LogP contribution in [0.15, 0.2) is 18.2 Å². The summed E-state index contributed by atoms with van der Waals surface area (Å²) < 4.78 is 11.4. The first-order valence-electron chi connectivity index (χ1n) is 7.33. The topological polar surface area (TPSA) is 38.8 Å². The van der Waals surface area contributed by atoms with E-state index in [0.29, 0.717) is 13.0 Å². The normalized spacial score (nSPS) is 25.2. The zero-order valence-electron chi connectivity index (χ0n) is 12.1. The minimum atomic E-state index is 0.0265. The van der Waals surface area contributed by atoms with E-state index < -0.39 is 0 Å². The largest absolute Gasteiger partial charge is 0.487 e. The molecule has 2 unspecified atom stereocenters. The highest BCUT2D eigenvalue weighted by atomic mass is 16.5. The van der Waals surface area contributed by atoms with Crippen molar-refractivity contribution in [2.45, 2.75) is 45.3 Å². The molecule has 2 atom stereocenters. The lowest BCUT2D eigenvalue weighted by Gasteiger charge is -2.34. The molecular weight excluding hydrogens is 254 g/mol. The van der Waals surface area contributed by atoms with Gasteiger partial charge in [-0.15, -0.1) is 0 Å². The van der Waals surface area contributed by atoms with Crippen molar-refractivity contribution in [2.75, 3.05) is 18.1 Å². The number of benzene rings is 1. The number of anilines is 1. The van der Waals surface area contributed by atoms with Crippen molar-refractivity contribution in [3.8, 4) is 5.75 Å². The van der Waals surface area contributed by atoms with Crippen molar-refractivity contribution >= 4 is 11.6 Å². The Labute approximate surface area is 119 Å². The third kappa shape index (κ3) is 2.66. The second-order valence-corrected chi connectivity index (χ2v) is 5.74. The predicted molar refractivity (Wildman–Crippen MR) is 77.2 cm³/mol. The maximum Gasteiger partial charge on any atom is 0.229 e. The van der Waals surface area contributed by atoms with E-state index in [-0.39, 0.29) is 18.1 Å². The minimum Gasteiger partial charge on any atom is -0.487 e. The Kier molecular flexibility index (Phi) is 3.66. The third-order valence-corrected chi connectivity index (χ3v) is 3.90. The first kappa shape index (κ1) is 13.4. The Morgan fingerprint density at radius 2 is 2.30 bits per heavy atom. The minimum absolute atomic E-state index is 0.0265. The summed E-state index contributed by atoms with van der Waals surface area (Å²) in [4.78, 5) is 14.4. The molecule has 2 aliphatic rings. The zero-order valence-corrected chi connectivity index (χ0v) is 12.1. The van der Waals surface area contributed by atoms with Gasteiger partial charge >= 0.3 is 0 Å². The summed E-state index contributed by atoms with van der Waals surface area (Å²) in [5, 5.41) is 0. The number of nitrogens with zero attached hydrogens (tertiary/aromatic N) is 1. The van der Waals surface area contributed by atoms with Crippen LogP contribution in [-0.2, 0) is 9.53 Å². The van der Waals surface area contributed by atoms with Gasteiger partial charge in [-0.25, -0.2) is 0 Å². The number of ether oxygens (including phenoxy) is 2. The van der Waals surface area contributed by atoms with Gasteiger partial charge in [-0.2, -0.15) is 0 Å². The molecule has 0 saturated carbocycles. The monoisotopic (exact) mass is 275 g/mol. The van der Waals surface area contributed by atoms with Crippen molar-refractivity contribution in [3.63, 3.8) is 0 Å². The molecule has 0 spiro atoms. The van der Waals surface area contributed by atoms with Gasteiger partial charge in [0.2, 0.25) is 5.91 Å². The Bertz CT molecular complexity index is 508. The number of rotatable bonds is 2. The van der Waals surface area contributed by atoms with Crippen LogP contribution in [0.2, 0.25) is 0 Å². The fourth-order valence-electron chi connectivity index (χ4n) is 2.89. The van der Waals surface area contributed by atoms with Crippen LogP contribution >= 0.6 is 0 Å². The van der Waals surface area contributed by atoms with Gasteiger partial charge in [-0.05, 0) is 44.4 Å². The summed E-state index contributed by atoms with van der Waals surface area (Å²) in [6.07, 6.45) is 2.65. The van der Waals surface area contributed by atoms with Crippen molar-refractivity contribution in [2.24, 2.45) is 0 Å². The van der Waals surface area contributed by atoms with Gasteiger partial charge < -0.3 is 14.4 Å². The summed E-state index contributed by atoms with van der Waals surface area (Å²) in [6.45, 7) is 5.42. The molecule has 2 aliphatic heterocycles. The molecule has 2 heterocycles. The molecule has 0 N–H and O–H groups in total. The van der Waals surface area contributed by atoms with Gasteiger partial charge in [-0.3, -0.25) is 4.79 Å². The smallest absolute Gasteiger partial charge is 0.229 e. The molecular formula is C16H21NO3. The number of hydrogen-bond donors (Lipinski definition) is 0. The number of carbonyl (C=O) groups is 1. The molecule has 0 bridgehead atoms. The van der Waals surface area contributed by atoms with E-state index in [0.717, 1.165) is 36.4 Å². The lowest BCUT2D eigenvalue weighted by molar-refractivity contribution is -0.121. The summed E-state index contributed by atoms with van der Waals surface area (Å²) in [6, 6.07) is 5.99. The lowest BCUT2D eigenvalue weighted by Crippen LogP contribution is -2.43. The SMILES string of the molecule is Cc1ccc2c(c1)N(C(=O)CC1CCCO1)CC(C)O2. The van der Waals surface area contributed by atoms with Crippen LogP contribution in [0, 0.1) is 6.92 Å². The van der Waals surface area contributed by atoms with Gasteiger partial charge in [0, 0.05) is 6.61 Å². The summed E-state index contributed by atoms with van der Waals surface area (Å²) in [5.41, 5.74) is 2.03. The number of hydrogen-bond acceptors (Lipinski definition) is 3. The molecule has 1 fully saturated rings. The Morgan fingerprint density at radius 1 is 1.45 bits per heavy atom. The van der Waals surface area contributed by atoms with Gasteiger partial charge in [0.25, 0.3) is 0 Å². The quantitative estimate of drug-likeness (QED) is 0.833. The second-order valence-electron chi connectivity index (χ2n) is 5.74. The predicted octanol–water partition coefficient (Wildman–Crippen LogP) is 2.68.